The summed E-state index contributed by atoms with van der Waals surface area (Å²) in [6.07, 6.45) is -15.9. The summed E-state index contributed by atoms with van der Waals surface area (Å²) in [6, 6.07) is 0. The van der Waals surface area contributed by atoms with Crippen molar-refractivity contribution in [2.45, 2.75) is 41.7 Å². The van der Waals surface area contributed by atoms with E-state index in [1.165, 1.54) is 0 Å². The van der Waals surface area contributed by atoms with Gasteiger partial charge in [-0.3, -0.25) is 0 Å². The zero-order valence-electron chi connectivity index (χ0n) is 10.3. The lowest BCUT2D eigenvalue weighted by molar-refractivity contribution is -0.457. The van der Waals surface area contributed by atoms with E-state index in [9.17, 15) is 70.2 Å². The summed E-state index contributed by atoms with van der Waals surface area (Å²) < 4.78 is 198. The first-order valence-electron chi connectivity index (χ1n) is 4.96. The SMILES string of the molecule is FCC(F)(F)C(F)(F)C(F)(F)C(F)(F)C(F)(C(F)(F)F)C(F)(F)F. The van der Waals surface area contributed by atoms with Gasteiger partial charge >= 0.3 is 41.7 Å². The number of alkyl halides is 16. The Hall–Kier alpha value is -1.12. The molecule has 0 aromatic carbocycles. The van der Waals surface area contributed by atoms with Crippen LogP contribution in [0, 0.1) is 0 Å². The van der Waals surface area contributed by atoms with Crippen molar-refractivity contribution in [3.05, 3.63) is 0 Å². The average molecular weight is 402 g/mol. The highest BCUT2D eigenvalue weighted by Gasteiger charge is 2.95. The highest BCUT2D eigenvalue weighted by atomic mass is 19.4. The smallest absolute Gasteiger partial charge is 0.244 e. The summed E-state index contributed by atoms with van der Waals surface area (Å²) >= 11 is 0. The maximum atomic E-state index is 12.9. The Labute approximate surface area is 120 Å². The van der Waals surface area contributed by atoms with E-state index in [0.29, 0.717) is 0 Å². The van der Waals surface area contributed by atoms with Gasteiger partial charge in [0.05, 0.1) is 0 Å². The molecule has 0 unspecified atom stereocenters. The van der Waals surface area contributed by atoms with E-state index in [-0.39, 0.29) is 0 Å². The van der Waals surface area contributed by atoms with Crippen LogP contribution in [-0.2, 0) is 0 Å². The third kappa shape index (κ3) is 2.64. The molecule has 0 atom stereocenters. The van der Waals surface area contributed by atoms with Gasteiger partial charge in [0.25, 0.3) is 0 Å². The monoisotopic (exact) mass is 402 g/mol. The fourth-order valence-electron chi connectivity index (χ4n) is 1.24. The Kier molecular flexibility index (Phi) is 5.18. The van der Waals surface area contributed by atoms with Crippen molar-refractivity contribution in [1.29, 1.82) is 0 Å². The van der Waals surface area contributed by atoms with Crippen LogP contribution in [-0.4, -0.2) is 48.4 Å². The lowest BCUT2D eigenvalue weighted by Gasteiger charge is -2.42. The molecule has 0 saturated heterocycles. The zero-order chi connectivity index (χ0) is 20.2. The van der Waals surface area contributed by atoms with Crippen molar-refractivity contribution >= 4 is 0 Å². The van der Waals surface area contributed by atoms with Crippen LogP contribution in [0.2, 0.25) is 0 Å². The molecule has 0 N–H and O–H groups in total. The van der Waals surface area contributed by atoms with Gasteiger partial charge in [0.15, 0.2) is 6.67 Å². The van der Waals surface area contributed by atoms with E-state index in [0.717, 1.165) is 0 Å². The Bertz CT molecular complexity index is 438. The van der Waals surface area contributed by atoms with E-state index in [1.54, 1.807) is 0 Å². The van der Waals surface area contributed by atoms with E-state index < -0.39 is 48.4 Å². The topological polar surface area (TPSA) is 0 Å². The third-order valence-corrected chi connectivity index (χ3v) is 2.63. The maximum absolute atomic E-state index is 12.9. The molecule has 0 amide bonds. The molecular formula is C8H2F16. The predicted octanol–water partition coefficient (Wildman–Crippen LogP) is 5.33. The van der Waals surface area contributed by atoms with E-state index in [2.05, 4.69) is 0 Å². The first-order valence-corrected chi connectivity index (χ1v) is 4.96. The van der Waals surface area contributed by atoms with Gasteiger partial charge in [-0.2, -0.15) is 61.5 Å². The molecule has 0 aromatic heterocycles. The molecule has 0 heterocycles. The number of hydrogen-bond donors (Lipinski definition) is 0. The summed E-state index contributed by atoms with van der Waals surface area (Å²) in [4.78, 5) is 0. The van der Waals surface area contributed by atoms with Crippen molar-refractivity contribution in [1.82, 2.24) is 0 Å². The van der Waals surface area contributed by atoms with Crippen molar-refractivity contribution in [3.8, 4) is 0 Å². The molecular weight excluding hydrogens is 400 g/mol. The summed E-state index contributed by atoms with van der Waals surface area (Å²) in [5, 5.41) is 0. The van der Waals surface area contributed by atoms with Gasteiger partial charge in [-0.05, 0) is 0 Å². The zero-order valence-corrected chi connectivity index (χ0v) is 10.3. The van der Waals surface area contributed by atoms with Gasteiger partial charge in [0.1, 0.15) is 0 Å². The van der Waals surface area contributed by atoms with E-state index in [1.807, 2.05) is 0 Å². The van der Waals surface area contributed by atoms with Gasteiger partial charge in [-0.1, -0.05) is 0 Å². The first-order chi connectivity index (χ1) is 10.1. The molecule has 146 valence electrons. The van der Waals surface area contributed by atoms with Gasteiger partial charge in [-0.15, -0.1) is 0 Å². The normalized spacial score (nSPS) is 16.5. The predicted molar refractivity (Wildman–Crippen MR) is 41.7 cm³/mol. The van der Waals surface area contributed by atoms with Crippen LogP contribution >= 0.6 is 0 Å². The fraction of sp³-hybridized carbons (Fsp3) is 1.00. The van der Waals surface area contributed by atoms with Crippen LogP contribution in [0.1, 0.15) is 0 Å². The van der Waals surface area contributed by atoms with Gasteiger partial charge in [0, 0.05) is 0 Å². The molecule has 0 aliphatic rings. The number of halogens is 16. The van der Waals surface area contributed by atoms with Gasteiger partial charge in [0.2, 0.25) is 0 Å². The fourth-order valence-corrected chi connectivity index (χ4v) is 1.24. The summed E-state index contributed by atoms with van der Waals surface area (Å²) in [5.41, 5.74) is -8.34. The Morgan fingerprint density at radius 3 is 0.917 bits per heavy atom. The molecule has 0 fully saturated rings. The minimum Gasteiger partial charge on any atom is -0.244 e. The molecule has 24 heavy (non-hydrogen) atoms. The molecule has 0 aromatic rings. The Morgan fingerprint density at radius 2 is 0.708 bits per heavy atom. The number of rotatable bonds is 5. The van der Waals surface area contributed by atoms with Gasteiger partial charge in [-0.25, -0.2) is 8.78 Å². The lowest BCUT2D eigenvalue weighted by Crippen LogP contribution is -2.75. The largest absolute Gasteiger partial charge is 0.438 e. The molecule has 0 nitrogen and oxygen atoms in total. The number of hydrogen-bond acceptors (Lipinski definition) is 0. The summed E-state index contributed by atoms with van der Waals surface area (Å²) in [5.74, 6) is -31.4. The minimum atomic E-state index is -8.49. The molecule has 0 saturated carbocycles. The van der Waals surface area contributed by atoms with Crippen LogP contribution in [0.25, 0.3) is 0 Å². The van der Waals surface area contributed by atoms with E-state index in [4.69, 9.17) is 0 Å². The second-order valence-electron chi connectivity index (χ2n) is 4.22. The molecule has 0 radical (unpaired) electrons. The highest BCUT2D eigenvalue weighted by molar-refractivity contribution is 5.16. The maximum Gasteiger partial charge on any atom is 0.438 e. The standard InChI is InChI=1S/C8H2F16/c9-1-2(10,11)4(13,14)6(17,18)5(15,16)3(12,7(19,20)21)8(22,23)24/h1H2. The van der Waals surface area contributed by atoms with Crippen molar-refractivity contribution < 1.29 is 70.2 Å². The minimum absolute atomic E-state index is 3.87. The van der Waals surface area contributed by atoms with Crippen molar-refractivity contribution in [2.75, 3.05) is 6.67 Å². The van der Waals surface area contributed by atoms with Crippen LogP contribution in [0.15, 0.2) is 0 Å². The van der Waals surface area contributed by atoms with Crippen LogP contribution < -0.4 is 0 Å². The summed E-state index contributed by atoms with van der Waals surface area (Å²) in [7, 11) is 0. The van der Waals surface area contributed by atoms with Crippen molar-refractivity contribution in [2.24, 2.45) is 0 Å². The third-order valence-electron chi connectivity index (χ3n) is 2.63. The quantitative estimate of drug-likeness (QED) is 0.546. The molecule has 0 spiro atoms. The average Bonchev–Trinajstić information content (AvgIpc) is 2.33. The molecule has 0 rings (SSSR count). The van der Waals surface area contributed by atoms with Crippen LogP contribution in [0.5, 0.6) is 0 Å². The highest BCUT2D eigenvalue weighted by Crippen LogP contribution is 2.63. The van der Waals surface area contributed by atoms with E-state index >= 15 is 0 Å². The second kappa shape index (κ2) is 5.44. The Morgan fingerprint density at radius 1 is 0.417 bits per heavy atom. The molecule has 0 aliphatic carbocycles. The van der Waals surface area contributed by atoms with Crippen LogP contribution in [0.3, 0.4) is 0 Å². The first kappa shape index (κ1) is 22.9. The molecule has 0 bridgehead atoms. The van der Waals surface area contributed by atoms with Crippen molar-refractivity contribution in [3.63, 3.8) is 0 Å². The lowest BCUT2D eigenvalue weighted by atomic mass is 9.86. The molecule has 16 heteroatoms. The van der Waals surface area contributed by atoms with Gasteiger partial charge < -0.3 is 0 Å². The summed E-state index contributed by atoms with van der Waals surface area (Å²) in [6.45, 7) is -3.87. The Balaban J connectivity index is 6.68. The second-order valence-corrected chi connectivity index (χ2v) is 4.22. The van der Waals surface area contributed by atoms with Crippen LogP contribution in [0.4, 0.5) is 70.2 Å². The molecule has 0 aliphatic heterocycles.